The van der Waals surface area contributed by atoms with Crippen molar-refractivity contribution in [3.63, 3.8) is 0 Å². The molecule has 0 radical (unpaired) electrons. The molecule has 1 aliphatic heterocycles. The van der Waals surface area contributed by atoms with E-state index >= 15 is 0 Å². The van der Waals surface area contributed by atoms with Crippen LogP contribution >= 0.6 is 0 Å². The van der Waals surface area contributed by atoms with E-state index in [1.807, 2.05) is 20.8 Å². The third kappa shape index (κ3) is 3.59. The smallest absolute Gasteiger partial charge is 0.331 e. The van der Waals surface area contributed by atoms with Gasteiger partial charge in [-0.05, 0) is 30.9 Å². The van der Waals surface area contributed by atoms with Crippen molar-refractivity contribution in [3.8, 4) is 0 Å². The van der Waals surface area contributed by atoms with Crippen LogP contribution in [0.2, 0.25) is 0 Å². The first kappa shape index (κ1) is 16.8. The van der Waals surface area contributed by atoms with Crippen LogP contribution in [0.15, 0.2) is 29.2 Å². The number of aliphatic hydroxyl groups is 1. The number of aryl methyl sites for hydroxylation is 1. The number of nitrogens with one attached hydrogen (secondary N) is 1. The molecule has 2 N–H and O–H groups in total. The number of urea groups is 1. The summed E-state index contributed by atoms with van der Waals surface area (Å²) in [6.07, 6.45) is 0.640. The monoisotopic (exact) mass is 326 g/mol. The first-order valence-corrected chi connectivity index (χ1v) is 8.64. The molecule has 7 heteroatoms. The predicted molar refractivity (Wildman–Crippen MR) is 82.9 cm³/mol. The lowest BCUT2D eigenvalue weighted by Crippen LogP contribution is -2.46. The maximum absolute atomic E-state index is 12.3. The van der Waals surface area contributed by atoms with E-state index in [1.165, 1.54) is 17.0 Å². The fourth-order valence-corrected chi connectivity index (χ4v) is 3.71. The van der Waals surface area contributed by atoms with Crippen LogP contribution in [-0.4, -0.2) is 43.6 Å². The Morgan fingerprint density at radius 2 is 1.95 bits per heavy atom. The van der Waals surface area contributed by atoms with Crippen LogP contribution in [0, 0.1) is 12.3 Å². The lowest BCUT2D eigenvalue weighted by Gasteiger charge is -2.23. The fourth-order valence-electron chi connectivity index (χ4n) is 2.75. The molecule has 1 fully saturated rings. The van der Waals surface area contributed by atoms with E-state index in [-0.39, 0.29) is 23.0 Å². The normalized spacial score (nSPS) is 20.9. The number of amides is 2. The van der Waals surface area contributed by atoms with Crippen molar-refractivity contribution in [3.05, 3.63) is 29.8 Å². The Morgan fingerprint density at radius 1 is 1.36 bits per heavy atom. The number of aliphatic hydroxyl groups excluding tert-OH is 1. The molecule has 1 heterocycles. The third-order valence-electron chi connectivity index (χ3n) is 3.85. The molecule has 1 aromatic rings. The van der Waals surface area contributed by atoms with Gasteiger partial charge in [-0.1, -0.05) is 31.5 Å². The number of rotatable bonds is 3. The summed E-state index contributed by atoms with van der Waals surface area (Å²) in [7, 11) is -3.91. The molecule has 1 aromatic carbocycles. The highest BCUT2D eigenvalue weighted by atomic mass is 32.2. The summed E-state index contributed by atoms with van der Waals surface area (Å²) in [5.74, 6) is 0. The molecule has 1 saturated heterocycles. The van der Waals surface area contributed by atoms with E-state index in [0.29, 0.717) is 13.0 Å². The number of benzene rings is 1. The quantitative estimate of drug-likeness (QED) is 0.881. The summed E-state index contributed by atoms with van der Waals surface area (Å²) in [5.41, 5.74) is 0.796. The van der Waals surface area contributed by atoms with Crippen molar-refractivity contribution in [2.24, 2.45) is 5.41 Å². The number of hydrogen-bond acceptors (Lipinski definition) is 4. The zero-order chi connectivity index (χ0) is 16.5. The van der Waals surface area contributed by atoms with E-state index in [2.05, 4.69) is 4.72 Å². The van der Waals surface area contributed by atoms with Crippen molar-refractivity contribution < 1.29 is 18.3 Å². The second-order valence-corrected chi connectivity index (χ2v) is 8.24. The van der Waals surface area contributed by atoms with Crippen LogP contribution in [-0.2, 0) is 10.0 Å². The molecule has 1 atom stereocenters. The van der Waals surface area contributed by atoms with Gasteiger partial charge in [0, 0.05) is 6.54 Å². The van der Waals surface area contributed by atoms with Gasteiger partial charge in [-0.2, -0.15) is 0 Å². The van der Waals surface area contributed by atoms with Crippen molar-refractivity contribution in [2.45, 2.75) is 38.1 Å². The molecule has 22 heavy (non-hydrogen) atoms. The van der Waals surface area contributed by atoms with Crippen LogP contribution in [0.5, 0.6) is 0 Å². The van der Waals surface area contributed by atoms with Crippen LogP contribution in [0.3, 0.4) is 0 Å². The minimum atomic E-state index is -3.91. The minimum Gasteiger partial charge on any atom is -0.394 e. The average molecular weight is 326 g/mol. The van der Waals surface area contributed by atoms with Crippen molar-refractivity contribution >= 4 is 16.1 Å². The first-order chi connectivity index (χ1) is 10.1. The van der Waals surface area contributed by atoms with Crippen molar-refractivity contribution in [2.75, 3.05) is 13.2 Å². The zero-order valence-electron chi connectivity index (χ0n) is 13.0. The number of nitrogens with zero attached hydrogens (tertiary/aromatic N) is 1. The second kappa shape index (κ2) is 5.89. The number of likely N-dealkylation sites (tertiary alicyclic amines) is 1. The SMILES string of the molecule is Cc1ccc(S(=O)(=O)NC(=O)N2CC(C)(C)C[C@@H]2CO)cc1. The summed E-state index contributed by atoms with van der Waals surface area (Å²) in [6, 6.07) is 5.22. The minimum absolute atomic E-state index is 0.0467. The Morgan fingerprint density at radius 3 is 2.50 bits per heavy atom. The standard InChI is InChI=1S/C15H22N2O4S/c1-11-4-6-13(7-5-11)22(20,21)16-14(19)17-10-15(2,3)8-12(17)9-18/h4-7,12,18H,8-10H2,1-3H3,(H,16,19)/t12-/m1/s1. The second-order valence-electron chi connectivity index (χ2n) is 6.56. The van der Waals surface area contributed by atoms with Gasteiger partial charge in [-0.25, -0.2) is 17.9 Å². The van der Waals surface area contributed by atoms with Gasteiger partial charge in [0.2, 0.25) is 0 Å². The van der Waals surface area contributed by atoms with Gasteiger partial charge in [0.1, 0.15) is 0 Å². The highest BCUT2D eigenvalue weighted by Crippen LogP contribution is 2.33. The lowest BCUT2D eigenvalue weighted by molar-refractivity contribution is 0.161. The van der Waals surface area contributed by atoms with Gasteiger partial charge >= 0.3 is 6.03 Å². The number of carbonyl (C=O) groups excluding carboxylic acids is 1. The van der Waals surface area contributed by atoms with E-state index in [9.17, 15) is 18.3 Å². The summed E-state index contributed by atoms with van der Waals surface area (Å²) < 4.78 is 26.6. The Kier molecular flexibility index (Phi) is 4.49. The molecule has 0 aromatic heterocycles. The summed E-state index contributed by atoms with van der Waals surface area (Å²) >= 11 is 0. The number of carbonyl (C=O) groups is 1. The molecule has 6 nitrogen and oxygen atoms in total. The van der Waals surface area contributed by atoms with Gasteiger partial charge in [0.15, 0.2) is 0 Å². The molecule has 0 aliphatic carbocycles. The molecule has 2 rings (SSSR count). The van der Waals surface area contributed by atoms with Gasteiger partial charge < -0.3 is 10.0 Å². The summed E-state index contributed by atoms with van der Waals surface area (Å²) in [4.78, 5) is 13.7. The molecule has 0 spiro atoms. The van der Waals surface area contributed by atoms with Gasteiger partial charge in [-0.15, -0.1) is 0 Å². The van der Waals surface area contributed by atoms with Gasteiger partial charge in [-0.3, -0.25) is 0 Å². The van der Waals surface area contributed by atoms with Crippen LogP contribution in [0.25, 0.3) is 0 Å². The Balaban J connectivity index is 2.15. The molecule has 0 bridgehead atoms. The maximum Gasteiger partial charge on any atom is 0.331 e. The molecule has 0 saturated carbocycles. The molecule has 1 aliphatic rings. The van der Waals surface area contributed by atoms with E-state index in [1.54, 1.807) is 12.1 Å². The number of hydrogen-bond donors (Lipinski definition) is 2. The first-order valence-electron chi connectivity index (χ1n) is 7.15. The third-order valence-corrected chi connectivity index (χ3v) is 5.19. The molecule has 2 amide bonds. The van der Waals surface area contributed by atoms with Crippen LogP contribution in [0.4, 0.5) is 4.79 Å². The highest BCUT2D eigenvalue weighted by molar-refractivity contribution is 7.90. The average Bonchev–Trinajstić information content (AvgIpc) is 2.74. The summed E-state index contributed by atoms with van der Waals surface area (Å²) in [5, 5.41) is 9.39. The van der Waals surface area contributed by atoms with Gasteiger partial charge in [0.05, 0.1) is 17.5 Å². The van der Waals surface area contributed by atoms with E-state index < -0.39 is 16.1 Å². The molecular formula is C15H22N2O4S. The largest absolute Gasteiger partial charge is 0.394 e. The van der Waals surface area contributed by atoms with E-state index in [0.717, 1.165) is 5.56 Å². The van der Waals surface area contributed by atoms with Crippen molar-refractivity contribution in [1.82, 2.24) is 9.62 Å². The molecule has 0 unspecified atom stereocenters. The maximum atomic E-state index is 12.3. The Bertz CT molecular complexity index is 653. The zero-order valence-corrected chi connectivity index (χ0v) is 13.9. The van der Waals surface area contributed by atoms with Crippen molar-refractivity contribution in [1.29, 1.82) is 0 Å². The predicted octanol–water partition coefficient (Wildman–Crippen LogP) is 1.49. The highest BCUT2D eigenvalue weighted by Gasteiger charge is 2.40. The fraction of sp³-hybridized carbons (Fsp3) is 0.533. The topological polar surface area (TPSA) is 86.7 Å². The van der Waals surface area contributed by atoms with Crippen LogP contribution < -0.4 is 4.72 Å². The molecular weight excluding hydrogens is 304 g/mol. The van der Waals surface area contributed by atoms with Crippen LogP contribution in [0.1, 0.15) is 25.8 Å². The van der Waals surface area contributed by atoms with E-state index in [4.69, 9.17) is 0 Å². The Labute approximate surface area is 131 Å². The summed E-state index contributed by atoms with van der Waals surface area (Å²) in [6.45, 7) is 6.05. The number of sulfonamides is 1. The lowest BCUT2D eigenvalue weighted by atomic mass is 9.91. The Hall–Kier alpha value is -1.60. The molecule has 122 valence electrons. The van der Waals surface area contributed by atoms with Gasteiger partial charge in [0.25, 0.3) is 10.0 Å².